The van der Waals surface area contributed by atoms with Gasteiger partial charge in [0, 0.05) is 28.6 Å². The maximum absolute atomic E-state index is 14.2. The molecule has 1 saturated carbocycles. The second-order valence-corrected chi connectivity index (χ2v) is 10.5. The van der Waals surface area contributed by atoms with Crippen LogP contribution in [-0.2, 0) is 11.3 Å². The van der Waals surface area contributed by atoms with Crippen molar-refractivity contribution in [1.82, 2.24) is 9.47 Å². The third-order valence-electron chi connectivity index (χ3n) is 8.16. The van der Waals surface area contributed by atoms with Gasteiger partial charge in [-0.2, -0.15) is 0 Å². The van der Waals surface area contributed by atoms with Crippen molar-refractivity contribution in [2.45, 2.75) is 63.6 Å². The molecule has 1 amide bonds. The number of carboxylic acids is 1. The van der Waals surface area contributed by atoms with Crippen molar-refractivity contribution in [1.29, 1.82) is 0 Å². The van der Waals surface area contributed by atoms with Gasteiger partial charge in [-0.05, 0) is 60.9 Å². The molecule has 5 nitrogen and oxygen atoms in total. The van der Waals surface area contributed by atoms with E-state index >= 15 is 0 Å². The van der Waals surface area contributed by atoms with E-state index in [1.165, 1.54) is 24.8 Å². The fraction of sp³-hybridized carbons (Fsp3) is 0.400. The van der Waals surface area contributed by atoms with E-state index in [0.717, 1.165) is 40.6 Å². The number of amides is 1. The molecule has 6 rings (SSSR count). The molecule has 2 fully saturated rings. The van der Waals surface area contributed by atoms with Crippen LogP contribution in [0.1, 0.15) is 72.3 Å². The summed E-state index contributed by atoms with van der Waals surface area (Å²) >= 11 is 0. The normalized spacial score (nSPS) is 20.4. The summed E-state index contributed by atoms with van der Waals surface area (Å²) in [4.78, 5) is 27.2. The fourth-order valence-corrected chi connectivity index (χ4v) is 6.45. The number of piperidine rings is 1. The monoisotopic (exact) mass is 486 g/mol. The second kappa shape index (κ2) is 9.23. The van der Waals surface area contributed by atoms with Crippen LogP contribution in [0.5, 0.6) is 0 Å². The van der Waals surface area contributed by atoms with Crippen LogP contribution in [0.3, 0.4) is 0 Å². The van der Waals surface area contributed by atoms with Gasteiger partial charge in [0.25, 0.3) is 5.91 Å². The van der Waals surface area contributed by atoms with E-state index in [-0.39, 0.29) is 18.0 Å². The Morgan fingerprint density at radius 2 is 1.78 bits per heavy atom. The van der Waals surface area contributed by atoms with Crippen LogP contribution < -0.4 is 0 Å². The molecule has 2 aromatic carbocycles. The summed E-state index contributed by atoms with van der Waals surface area (Å²) in [6, 6.07) is 13.5. The van der Waals surface area contributed by atoms with Crippen molar-refractivity contribution in [3.8, 4) is 11.3 Å². The minimum atomic E-state index is -0.986. The summed E-state index contributed by atoms with van der Waals surface area (Å²) in [6.45, 7) is 1.03. The second-order valence-electron chi connectivity index (χ2n) is 10.5. The highest BCUT2D eigenvalue weighted by Crippen LogP contribution is 2.46. The number of aromatic nitrogens is 1. The number of rotatable bonds is 3. The molecule has 2 aliphatic heterocycles. The molecule has 0 radical (unpaired) electrons. The summed E-state index contributed by atoms with van der Waals surface area (Å²) < 4.78 is 16.3. The van der Waals surface area contributed by atoms with Crippen molar-refractivity contribution in [2.24, 2.45) is 0 Å². The number of hydrogen-bond donors (Lipinski definition) is 1. The Labute approximate surface area is 210 Å². The van der Waals surface area contributed by atoms with Crippen molar-refractivity contribution in [3.05, 3.63) is 64.7 Å². The van der Waals surface area contributed by atoms with Gasteiger partial charge in [0.1, 0.15) is 6.17 Å². The van der Waals surface area contributed by atoms with Gasteiger partial charge in [0.2, 0.25) is 0 Å². The number of carboxylic acid groups (broad SMARTS) is 1. The summed E-state index contributed by atoms with van der Waals surface area (Å²) in [5.74, 6) is -0.696. The number of alkyl halides is 1. The Morgan fingerprint density at radius 1 is 0.972 bits per heavy atom. The van der Waals surface area contributed by atoms with E-state index in [4.69, 9.17) is 0 Å². The zero-order valence-corrected chi connectivity index (χ0v) is 20.4. The van der Waals surface area contributed by atoms with Gasteiger partial charge < -0.3 is 14.6 Å². The average molecular weight is 487 g/mol. The fourth-order valence-electron chi connectivity index (χ4n) is 6.45. The summed E-state index contributed by atoms with van der Waals surface area (Å²) in [6.07, 6.45) is 7.99. The average Bonchev–Trinajstić information content (AvgIpc) is 3.11. The van der Waals surface area contributed by atoms with Gasteiger partial charge in [0.15, 0.2) is 0 Å². The minimum absolute atomic E-state index is 0.129. The highest BCUT2D eigenvalue weighted by atomic mass is 19.1. The molecular formula is C30H31FN2O3. The number of hydrogen-bond acceptors (Lipinski definition) is 2. The molecular weight excluding hydrogens is 455 g/mol. The molecule has 1 unspecified atom stereocenters. The minimum Gasteiger partial charge on any atom is -0.478 e. The topological polar surface area (TPSA) is 62.5 Å². The predicted molar refractivity (Wildman–Crippen MR) is 139 cm³/mol. The molecule has 3 heterocycles. The van der Waals surface area contributed by atoms with Gasteiger partial charge in [0.05, 0.1) is 24.3 Å². The van der Waals surface area contributed by atoms with Crippen molar-refractivity contribution in [2.75, 3.05) is 13.1 Å². The highest BCUT2D eigenvalue weighted by molar-refractivity contribution is 6.03. The van der Waals surface area contributed by atoms with E-state index in [2.05, 4.69) is 10.6 Å². The zero-order chi connectivity index (χ0) is 24.8. The van der Waals surface area contributed by atoms with E-state index < -0.39 is 12.1 Å². The lowest BCUT2D eigenvalue weighted by molar-refractivity contribution is -0.129. The van der Waals surface area contributed by atoms with E-state index in [9.17, 15) is 19.1 Å². The first-order valence-corrected chi connectivity index (χ1v) is 13.1. The summed E-state index contributed by atoms with van der Waals surface area (Å²) in [5, 5.41) is 10.8. The van der Waals surface area contributed by atoms with Crippen LogP contribution in [-0.4, -0.2) is 45.7 Å². The van der Waals surface area contributed by atoms with Crippen LogP contribution >= 0.6 is 0 Å². The predicted octanol–water partition coefficient (Wildman–Crippen LogP) is 6.41. The smallest absolute Gasteiger partial charge is 0.335 e. The first kappa shape index (κ1) is 23.0. The number of fused-ring (bicyclic) bond motifs is 5. The largest absolute Gasteiger partial charge is 0.478 e. The van der Waals surface area contributed by atoms with Crippen molar-refractivity contribution < 1.29 is 19.1 Å². The Morgan fingerprint density at radius 3 is 2.56 bits per heavy atom. The van der Waals surface area contributed by atoms with Crippen molar-refractivity contribution in [3.63, 3.8) is 0 Å². The molecule has 1 N–H and O–H groups in total. The van der Waals surface area contributed by atoms with E-state index in [1.807, 2.05) is 30.3 Å². The Kier molecular flexibility index (Phi) is 5.90. The number of carbonyl (C=O) groups excluding carboxylic acids is 1. The molecule has 3 aromatic rings. The van der Waals surface area contributed by atoms with Gasteiger partial charge in [-0.25, -0.2) is 9.18 Å². The van der Waals surface area contributed by atoms with Crippen LogP contribution in [0.2, 0.25) is 0 Å². The third kappa shape index (κ3) is 3.93. The molecule has 36 heavy (non-hydrogen) atoms. The van der Waals surface area contributed by atoms with Crippen LogP contribution in [0.4, 0.5) is 4.39 Å². The maximum Gasteiger partial charge on any atom is 0.335 e. The quantitative estimate of drug-likeness (QED) is 0.465. The number of carbonyl (C=O) groups is 2. The highest BCUT2D eigenvalue weighted by Gasteiger charge is 2.32. The molecule has 1 atom stereocenters. The molecule has 3 aliphatic rings. The molecule has 186 valence electrons. The number of aromatic carboxylic acids is 1. The van der Waals surface area contributed by atoms with Gasteiger partial charge in [-0.3, -0.25) is 4.79 Å². The molecule has 1 saturated heterocycles. The van der Waals surface area contributed by atoms with Crippen LogP contribution in [0.25, 0.3) is 28.2 Å². The number of nitrogens with zero attached hydrogens (tertiary/aromatic N) is 2. The van der Waals surface area contributed by atoms with Crippen molar-refractivity contribution >= 4 is 28.9 Å². The molecule has 1 aliphatic carbocycles. The zero-order valence-electron chi connectivity index (χ0n) is 20.4. The molecule has 0 spiro atoms. The summed E-state index contributed by atoms with van der Waals surface area (Å²) in [5.41, 5.74) is 6.12. The van der Waals surface area contributed by atoms with E-state index in [0.29, 0.717) is 37.4 Å². The maximum atomic E-state index is 14.2. The Bertz CT molecular complexity index is 1380. The number of halogens is 1. The first-order valence-electron chi connectivity index (χ1n) is 13.1. The Hall–Kier alpha value is -3.41. The SMILES string of the molecule is O=C(O)c1ccc2c(C3CCCCC3)c3n(c2c1)CC(C(=O)N1CCCC(F)C1)=Cc1ccccc1-3. The molecule has 1 aromatic heterocycles. The standard InChI is InChI=1S/C30H31FN2O3/c31-23-10-6-14-32(18-23)29(34)22-15-20-9-4-5-11-24(20)28-27(19-7-2-1-3-8-19)25-13-12-21(30(35)36)16-26(25)33(28)17-22/h4-5,9,11-13,15-16,19,23H,1-3,6-8,10,14,17-18H2,(H,35,36). The van der Waals surface area contributed by atoms with Gasteiger partial charge in [-0.1, -0.05) is 49.6 Å². The van der Waals surface area contributed by atoms with Crippen LogP contribution in [0, 0.1) is 0 Å². The lowest BCUT2D eigenvalue weighted by Gasteiger charge is -2.30. The molecule has 0 bridgehead atoms. The number of likely N-dealkylation sites (tertiary alicyclic amines) is 1. The Balaban J connectivity index is 1.57. The lowest BCUT2D eigenvalue weighted by Crippen LogP contribution is -2.41. The number of benzene rings is 2. The van der Waals surface area contributed by atoms with Gasteiger partial charge in [-0.15, -0.1) is 0 Å². The third-order valence-corrected chi connectivity index (χ3v) is 8.16. The molecule has 6 heteroatoms. The first-order chi connectivity index (χ1) is 17.5. The van der Waals surface area contributed by atoms with E-state index in [1.54, 1.807) is 17.0 Å². The van der Waals surface area contributed by atoms with Gasteiger partial charge >= 0.3 is 5.97 Å². The summed E-state index contributed by atoms with van der Waals surface area (Å²) in [7, 11) is 0. The van der Waals surface area contributed by atoms with Crippen LogP contribution in [0.15, 0.2) is 48.0 Å². The lowest BCUT2D eigenvalue weighted by atomic mass is 9.81.